The number of anilines is 1. The summed E-state index contributed by atoms with van der Waals surface area (Å²) in [4.78, 5) is 27.6. The molecule has 5 fully saturated rings. The number of aliphatic hydroxyl groups is 3. The Hall–Kier alpha value is -2.94. The number of aliphatic hydroxyl groups excluding tert-OH is 3. The van der Waals surface area contributed by atoms with Crippen LogP contribution >= 0.6 is 0 Å². The molecule has 7 atom stereocenters. The molecule has 1 saturated heterocycles. The van der Waals surface area contributed by atoms with Gasteiger partial charge in [-0.05, 0) is 60.2 Å². The molecule has 0 spiro atoms. The number of carbonyl (C=O) groups excluding carboxylic acids is 2. The quantitative estimate of drug-likeness (QED) is 0.555. The van der Waals surface area contributed by atoms with Crippen molar-refractivity contribution in [2.75, 3.05) is 18.6 Å². The SMILES string of the molecule is COc1ccc(C(O)COc2ccc(N3C(=O)[C]4[C](C3=O)[C@H]3C5CC5[C@@H]4[C@H](O)[C@H]3O)cc2)cc1. The van der Waals surface area contributed by atoms with Crippen molar-refractivity contribution in [1.82, 2.24) is 0 Å². The molecule has 5 aliphatic rings. The van der Waals surface area contributed by atoms with E-state index >= 15 is 0 Å². The fourth-order valence-electron chi connectivity index (χ4n) is 5.99. The minimum Gasteiger partial charge on any atom is -0.497 e. The summed E-state index contributed by atoms with van der Waals surface area (Å²) >= 11 is 0. The first kappa shape index (κ1) is 21.6. The highest BCUT2D eigenvalue weighted by molar-refractivity contribution is 6.34. The molecule has 0 aromatic heterocycles. The van der Waals surface area contributed by atoms with Gasteiger partial charge in [0.1, 0.15) is 24.2 Å². The summed E-state index contributed by atoms with van der Waals surface area (Å²) in [6.07, 6.45) is -2.00. The zero-order valence-corrected chi connectivity index (χ0v) is 18.5. The summed E-state index contributed by atoms with van der Waals surface area (Å²) in [6.45, 7) is 0.0328. The van der Waals surface area contributed by atoms with E-state index in [1.165, 1.54) is 0 Å². The van der Waals surface area contributed by atoms with E-state index in [1.54, 1.807) is 55.6 Å². The summed E-state index contributed by atoms with van der Waals surface area (Å²) in [5, 5.41) is 31.4. The van der Waals surface area contributed by atoms with E-state index in [2.05, 4.69) is 0 Å². The molecule has 1 aliphatic heterocycles. The highest BCUT2D eigenvalue weighted by Crippen LogP contribution is 2.69. The zero-order valence-electron chi connectivity index (χ0n) is 18.5. The van der Waals surface area contributed by atoms with E-state index in [4.69, 9.17) is 9.47 Å². The van der Waals surface area contributed by atoms with Gasteiger partial charge < -0.3 is 24.8 Å². The average molecular weight is 463 g/mol. The van der Waals surface area contributed by atoms with Crippen molar-refractivity contribution in [2.45, 2.75) is 24.7 Å². The van der Waals surface area contributed by atoms with Crippen LogP contribution in [0.5, 0.6) is 11.5 Å². The Kier molecular flexibility index (Phi) is 4.95. The largest absolute Gasteiger partial charge is 0.497 e. The topological polar surface area (TPSA) is 117 Å². The maximum atomic E-state index is 13.2. The van der Waals surface area contributed by atoms with Crippen LogP contribution in [-0.2, 0) is 9.59 Å². The molecule has 1 heterocycles. The van der Waals surface area contributed by atoms with Crippen molar-refractivity contribution in [3.8, 4) is 11.5 Å². The van der Waals surface area contributed by atoms with E-state index in [-0.39, 0.29) is 18.4 Å². The third-order valence-corrected chi connectivity index (χ3v) is 7.73. The Morgan fingerprint density at radius 3 is 1.94 bits per heavy atom. The fourth-order valence-corrected chi connectivity index (χ4v) is 5.99. The minimum atomic E-state index is -1.00. The van der Waals surface area contributed by atoms with Crippen molar-refractivity contribution in [3.05, 3.63) is 65.9 Å². The van der Waals surface area contributed by atoms with Gasteiger partial charge in [0.05, 0.1) is 36.8 Å². The predicted molar refractivity (Wildman–Crippen MR) is 119 cm³/mol. The lowest BCUT2D eigenvalue weighted by molar-refractivity contribution is -0.125. The molecule has 2 bridgehead atoms. The molecule has 2 radical (unpaired) electrons. The van der Waals surface area contributed by atoms with Crippen molar-refractivity contribution < 1.29 is 34.4 Å². The van der Waals surface area contributed by atoms with Gasteiger partial charge in [0.2, 0.25) is 11.8 Å². The molecule has 7 rings (SSSR count). The molecule has 8 nitrogen and oxygen atoms in total. The Bertz CT molecular complexity index is 1080. The normalized spacial score (nSPS) is 33.0. The highest BCUT2D eigenvalue weighted by atomic mass is 16.5. The van der Waals surface area contributed by atoms with Gasteiger partial charge in [-0.3, -0.25) is 9.59 Å². The maximum absolute atomic E-state index is 13.2. The third kappa shape index (κ3) is 3.09. The number of imide groups is 1. The van der Waals surface area contributed by atoms with Crippen LogP contribution in [0.3, 0.4) is 0 Å². The van der Waals surface area contributed by atoms with E-state index in [0.29, 0.717) is 34.6 Å². The molecular weight excluding hydrogens is 438 g/mol. The van der Waals surface area contributed by atoms with Crippen molar-refractivity contribution >= 4 is 17.5 Å². The molecule has 2 amide bonds. The first-order valence-electron chi connectivity index (χ1n) is 11.4. The van der Waals surface area contributed by atoms with E-state index in [0.717, 1.165) is 11.3 Å². The van der Waals surface area contributed by atoms with Crippen LogP contribution < -0.4 is 14.4 Å². The molecule has 8 heteroatoms. The average Bonchev–Trinajstić information content (AvgIpc) is 3.61. The number of hydrogen-bond acceptors (Lipinski definition) is 7. The van der Waals surface area contributed by atoms with Gasteiger partial charge in [0.15, 0.2) is 0 Å². The second-order valence-electron chi connectivity index (χ2n) is 9.46. The number of nitrogens with zero attached hydrogens (tertiary/aromatic N) is 1. The molecule has 2 aromatic rings. The lowest BCUT2D eigenvalue weighted by Gasteiger charge is -2.47. The number of methoxy groups -OCH3 is 1. The summed E-state index contributed by atoms with van der Waals surface area (Å²) in [6, 6.07) is 13.6. The molecule has 176 valence electrons. The van der Waals surface area contributed by atoms with Gasteiger partial charge in [0, 0.05) is 11.8 Å². The summed E-state index contributed by atoms with van der Waals surface area (Å²) < 4.78 is 10.8. The van der Waals surface area contributed by atoms with Crippen molar-refractivity contribution in [1.29, 1.82) is 0 Å². The Balaban J connectivity index is 1.15. The number of benzene rings is 2. The van der Waals surface area contributed by atoms with E-state index in [1.807, 2.05) is 0 Å². The molecule has 3 unspecified atom stereocenters. The minimum absolute atomic E-state index is 0.0328. The summed E-state index contributed by atoms with van der Waals surface area (Å²) in [7, 11) is 1.58. The number of hydrogen-bond donors (Lipinski definition) is 3. The second-order valence-corrected chi connectivity index (χ2v) is 9.46. The van der Waals surface area contributed by atoms with Gasteiger partial charge in [-0.25, -0.2) is 4.90 Å². The first-order valence-corrected chi connectivity index (χ1v) is 11.4. The third-order valence-electron chi connectivity index (χ3n) is 7.73. The summed E-state index contributed by atoms with van der Waals surface area (Å²) in [5.74, 6) is 0.545. The van der Waals surface area contributed by atoms with Crippen molar-refractivity contribution in [3.63, 3.8) is 0 Å². The first-order chi connectivity index (χ1) is 16.4. The van der Waals surface area contributed by atoms with Crippen LogP contribution in [0, 0.1) is 35.5 Å². The molecule has 34 heavy (non-hydrogen) atoms. The lowest BCUT2D eigenvalue weighted by atomic mass is 9.57. The van der Waals surface area contributed by atoms with Crippen LogP contribution in [0.15, 0.2) is 48.5 Å². The molecule has 2 aromatic carbocycles. The molecular formula is C26H25NO7. The fraction of sp³-hybridized carbons (Fsp3) is 0.385. The van der Waals surface area contributed by atoms with Gasteiger partial charge >= 0.3 is 0 Å². The van der Waals surface area contributed by atoms with Gasteiger partial charge in [-0.2, -0.15) is 0 Å². The standard InChI is InChI=1S/C26H25NO7/c1-33-14-6-2-12(3-7-14)18(28)11-34-15-8-4-13(5-9-15)27-25(31)21-19-16-10-17(16)20(22(21)26(27)32)24(30)23(19)29/h2-9,16-20,23-24,28-30H,10-11H2,1H3/t16?,17?,18?,19-,20+,23-,24-/m0/s1. The molecule has 3 N–H and O–H groups in total. The number of fused-ring (bicyclic) bond motifs is 1. The lowest BCUT2D eigenvalue weighted by Crippen LogP contribution is -2.57. The Morgan fingerprint density at radius 2 is 1.41 bits per heavy atom. The molecule has 4 saturated carbocycles. The van der Waals surface area contributed by atoms with Gasteiger partial charge in [0.25, 0.3) is 0 Å². The monoisotopic (exact) mass is 463 g/mol. The maximum Gasteiger partial charge on any atom is 0.242 e. The second kappa shape index (κ2) is 7.80. The van der Waals surface area contributed by atoms with E-state index < -0.39 is 42.0 Å². The summed E-state index contributed by atoms with van der Waals surface area (Å²) in [5.41, 5.74) is 1.10. The predicted octanol–water partition coefficient (Wildman–Crippen LogP) is 1.45. The highest BCUT2D eigenvalue weighted by Gasteiger charge is 2.74. The van der Waals surface area contributed by atoms with Crippen LogP contribution in [0.4, 0.5) is 5.69 Å². The Morgan fingerprint density at radius 1 is 0.882 bits per heavy atom. The van der Waals surface area contributed by atoms with E-state index in [9.17, 15) is 24.9 Å². The van der Waals surface area contributed by atoms with Gasteiger partial charge in [-0.1, -0.05) is 12.1 Å². The zero-order chi connectivity index (χ0) is 23.7. The van der Waals surface area contributed by atoms with Crippen LogP contribution in [0.1, 0.15) is 18.1 Å². The number of amides is 2. The van der Waals surface area contributed by atoms with Crippen LogP contribution in [-0.4, -0.2) is 53.1 Å². The van der Waals surface area contributed by atoms with Crippen molar-refractivity contribution in [2.24, 2.45) is 23.7 Å². The number of rotatable bonds is 6. The number of ether oxygens (including phenoxy) is 2. The Labute approximate surface area is 196 Å². The molecule has 4 aliphatic carbocycles. The number of carbonyl (C=O) groups is 2. The van der Waals surface area contributed by atoms with Gasteiger partial charge in [-0.15, -0.1) is 0 Å². The van der Waals surface area contributed by atoms with Crippen LogP contribution in [0.2, 0.25) is 0 Å². The smallest absolute Gasteiger partial charge is 0.242 e. The van der Waals surface area contributed by atoms with Crippen LogP contribution in [0.25, 0.3) is 0 Å².